The Hall–Kier alpha value is -5.19. The number of imide groups is 1. The van der Waals surface area contributed by atoms with Gasteiger partial charge in [-0.15, -0.1) is 0 Å². The Bertz CT molecular complexity index is 1820. The summed E-state index contributed by atoms with van der Waals surface area (Å²) >= 11 is 0. The van der Waals surface area contributed by atoms with Crippen LogP contribution in [-0.2, 0) is 16.1 Å². The fraction of sp³-hybridized carbons (Fsp3) is 0.375. The number of halogens is 5. The number of nitrogens with one attached hydrogen (secondary N) is 3. The summed E-state index contributed by atoms with van der Waals surface area (Å²) in [5.41, 5.74) is 1.15. The van der Waals surface area contributed by atoms with Gasteiger partial charge in [0.1, 0.15) is 18.6 Å². The summed E-state index contributed by atoms with van der Waals surface area (Å²) in [4.78, 5) is 46.7. The van der Waals surface area contributed by atoms with Gasteiger partial charge in [0, 0.05) is 44.0 Å². The highest BCUT2D eigenvalue weighted by Crippen LogP contribution is 2.32. The van der Waals surface area contributed by atoms with E-state index in [9.17, 15) is 36.3 Å². The quantitative estimate of drug-likeness (QED) is 0.146. The van der Waals surface area contributed by atoms with E-state index in [-0.39, 0.29) is 52.4 Å². The first kappa shape index (κ1) is 33.7. The molecule has 2 saturated heterocycles. The van der Waals surface area contributed by atoms with Crippen molar-refractivity contribution in [2.24, 2.45) is 0 Å². The van der Waals surface area contributed by atoms with Crippen LogP contribution in [0, 0.1) is 0 Å². The zero-order chi connectivity index (χ0) is 34.7. The lowest BCUT2D eigenvalue weighted by Gasteiger charge is -2.32. The standard InChI is InChI=1S/C32H31F5N8O4/c33-28(34)27-23(40-30(48)24-16-49-31(41-24)20-7-10-38-25(13-20)39-17-32(35,36)37)15-45(43-27)21-8-11-44(12-9-21)14-18-1-3-19(4-2-18)22-5-6-26(46)42-29(22)47/h1-4,7,10,13,15-16,21-22,28H,5-6,8-9,11-12,14,17H2,(H,38,39)(H,40,48)(H,42,46,47). The van der Waals surface area contributed by atoms with Crippen LogP contribution in [0.5, 0.6) is 0 Å². The van der Waals surface area contributed by atoms with Crippen LogP contribution in [0.3, 0.4) is 0 Å². The molecule has 17 heteroatoms. The van der Waals surface area contributed by atoms with Gasteiger partial charge in [-0.25, -0.2) is 18.7 Å². The molecule has 49 heavy (non-hydrogen) atoms. The van der Waals surface area contributed by atoms with Gasteiger partial charge in [0.25, 0.3) is 12.3 Å². The smallest absolute Gasteiger partial charge is 0.405 e. The van der Waals surface area contributed by atoms with E-state index in [1.165, 1.54) is 29.2 Å². The summed E-state index contributed by atoms with van der Waals surface area (Å²) in [5.74, 6) is -1.88. The molecule has 3 amide bonds. The third-order valence-electron chi connectivity index (χ3n) is 8.39. The summed E-state index contributed by atoms with van der Waals surface area (Å²) in [6.45, 7) is 0.714. The van der Waals surface area contributed by atoms with E-state index in [2.05, 4.69) is 35.9 Å². The van der Waals surface area contributed by atoms with Crippen LogP contribution in [0.25, 0.3) is 11.5 Å². The van der Waals surface area contributed by atoms with Gasteiger partial charge in [0.15, 0.2) is 11.4 Å². The number of alkyl halides is 5. The van der Waals surface area contributed by atoms with Gasteiger partial charge in [0.2, 0.25) is 17.7 Å². The summed E-state index contributed by atoms with van der Waals surface area (Å²) in [6.07, 6.45) is -1.74. The Labute approximate surface area is 276 Å². The topological polar surface area (TPSA) is 147 Å². The van der Waals surface area contributed by atoms with Crippen molar-refractivity contribution in [3.05, 3.63) is 77.6 Å². The molecule has 0 radical (unpaired) electrons. The van der Waals surface area contributed by atoms with Crippen molar-refractivity contribution in [2.45, 2.75) is 56.8 Å². The number of likely N-dealkylation sites (tertiary alicyclic amines) is 1. The van der Waals surface area contributed by atoms with Gasteiger partial charge in [0.05, 0.1) is 17.6 Å². The first-order valence-corrected chi connectivity index (χ1v) is 15.5. The van der Waals surface area contributed by atoms with Gasteiger partial charge < -0.3 is 15.1 Å². The van der Waals surface area contributed by atoms with Crippen LogP contribution < -0.4 is 16.0 Å². The van der Waals surface area contributed by atoms with Crippen LogP contribution in [-0.4, -0.2) is 68.2 Å². The van der Waals surface area contributed by atoms with Gasteiger partial charge >= 0.3 is 6.18 Å². The summed E-state index contributed by atoms with van der Waals surface area (Å²) < 4.78 is 72.3. The van der Waals surface area contributed by atoms with Crippen molar-refractivity contribution in [1.82, 2.24) is 30.0 Å². The predicted molar refractivity (Wildman–Crippen MR) is 165 cm³/mol. The molecule has 5 heterocycles. The number of pyridine rings is 1. The number of aromatic nitrogens is 4. The molecule has 0 saturated carbocycles. The number of amides is 3. The molecule has 1 aromatic carbocycles. The van der Waals surface area contributed by atoms with Crippen LogP contribution in [0.4, 0.5) is 33.5 Å². The second-order valence-electron chi connectivity index (χ2n) is 11.9. The lowest BCUT2D eigenvalue weighted by molar-refractivity contribution is -0.134. The van der Waals surface area contributed by atoms with E-state index in [0.717, 1.165) is 17.4 Å². The number of piperidine rings is 2. The number of nitrogens with zero attached hydrogens (tertiary/aromatic N) is 5. The Morgan fingerprint density at radius 2 is 1.84 bits per heavy atom. The van der Waals surface area contributed by atoms with E-state index >= 15 is 0 Å². The SMILES string of the molecule is O=C1CCC(c2ccc(CN3CCC(n4cc(NC(=O)c5coc(-c6ccnc(NCC(F)(F)F)c6)n5)c(C(F)F)n4)CC3)cc2)C(=O)N1. The lowest BCUT2D eigenvalue weighted by atomic mass is 9.90. The Kier molecular flexibility index (Phi) is 9.71. The van der Waals surface area contributed by atoms with E-state index in [1.54, 1.807) is 0 Å². The molecule has 0 bridgehead atoms. The van der Waals surface area contributed by atoms with Crippen molar-refractivity contribution in [2.75, 3.05) is 30.3 Å². The number of carbonyl (C=O) groups excluding carboxylic acids is 3. The number of rotatable bonds is 10. The Morgan fingerprint density at radius 3 is 2.53 bits per heavy atom. The van der Waals surface area contributed by atoms with Crippen LogP contribution in [0.2, 0.25) is 0 Å². The molecule has 2 aliphatic heterocycles. The van der Waals surface area contributed by atoms with Gasteiger partial charge in [-0.05, 0) is 42.5 Å². The maximum atomic E-state index is 14.0. The van der Waals surface area contributed by atoms with E-state index in [1.807, 2.05) is 24.3 Å². The second-order valence-corrected chi connectivity index (χ2v) is 11.9. The maximum absolute atomic E-state index is 14.0. The molecule has 12 nitrogen and oxygen atoms in total. The van der Waals surface area contributed by atoms with Gasteiger partial charge in [-0.2, -0.15) is 18.3 Å². The third-order valence-corrected chi connectivity index (χ3v) is 8.39. The average Bonchev–Trinajstić information content (AvgIpc) is 3.73. The number of oxazole rings is 1. The average molecular weight is 687 g/mol. The number of carbonyl (C=O) groups is 3. The Balaban J connectivity index is 1.05. The highest BCUT2D eigenvalue weighted by atomic mass is 19.4. The van der Waals surface area contributed by atoms with Crippen molar-refractivity contribution >= 4 is 29.2 Å². The monoisotopic (exact) mass is 686 g/mol. The molecule has 3 N–H and O–H groups in total. The van der Waals surface area contributed by atoms with Crippen molar-refractivity contribution in [3.8, 4) is 11.5 Å². The molecule has 1 unspecified atom stereocenters. The molecule has 0 spiro atoms. The number of hydrogen-bond acceptors (Lipinski definition) is 9. The molecular weight excluding hydrogens is 655 g/mol. The fourth-order valence-corrected chi connectivity index (χ4v) is 5.87. The largest absolute Gasteiger partial charge is 0.444 e. The number of benzene rings is 1. The van der Waals surface area contributed by atoms with Gasteiger partial charge in [-0.3, -0.25) is 29.3 Å². The summed E-state index contributed by atoms with van der Waals surface area (Å²) in [5, 5.41) is 11.0. The van der Waals surface area contributed by atoms with Crippen LogP contribution in [0.1, 0.15) is 71.4 Å². The van der Waals surface area contributed by atoms with Crippen molar-refractivity contribution in [1.29, 1.82) is 0 Å². The van der Waals surface area contributed by atoms with E-state index in [0.29, 0.717) is 45.3 Å². The molecule has 3 aromatic heterocycles. The first-order valence-electron chi connectivity index (χ1n) is 15.5. The minimum Gasteiger partial charge on any atom is -0.444 e. The van der Waals surface area contributed by atoms with E-state index < -0.39 is 30.7 Å². The highest BCUT2D eigenvalue weighted by Gasteiger charge is 2.30. The second kappa shape index (κ2) is 14.1. The van der Waals surface area contributed by atoms with Crippen LogP contribution >= 0.6 is 0 Å². The number of hydrogen-bond donors (Lipinski definition) is 3. The van der Waals surface area contributed by atoms with Gasteiger partial charge in [-0.1, -0.05) is 24.3 Å². The van der Waals surface area contributed by atoms with Crippen molar-refractivity contribution in [3.63, 3.8) is 0 Å². The first-order chi connectivity index (χ1) is 23.4. The Morgan fingerprint density at radius 1 is 1.08 bits per heavy atom. The molecule has 2 aliphatic rings. The third kappa shape index (κ3) is 8.28. The summed E-state index contributed by atoms with van der Waals surface area (Å²) in [6, 6.07) is 10.2. The molecular formula is C32H31F5N8O4. The minimum absolute atomic E-state index is 0.0793. The molecule has 0 aliphatic carbocycles. The highest BCUT2D eigenvalue weighted by molar-refractivity contribution is 6.03. The number of anilines is 2. The fourth-order valence-electron chi connectivity index (χ4n) is 5.87. The zero-order valence-corrected chi connectivity index (χ0v) is 25.8. The molecule has 4 aromatic rings. The predicted octanol–water partition coefficient (Wildman–Crippen LogP) is 5.45. The lowest BCUT2D eigenvalue weighted by Crippen LogP contribution is -2.39. The molecule has 2 fully saturated rings. The van der Waals surface area contributed by atoms with Crippen molar-refractivity contribution < 1.29 is 40.8 Å². The summed E-state index contributed by atoms with van der Waals surface area (Å²) in [7, 11) is 0. The normalized spacial score (nSPS) is 17.7. The maximum Gasteiger partial charge on any atom is 0.405 e. The van der Waals surface area contributed by atoms with Crippen LogP contribution in [0.15, 0.2) is 59.5 Å². The molecule has 1 atom stereocenters. The molecule has 258 valence electrons. The zero-order valence-electron chi connectivity index (χ0n) is 25.8. The minimum atomic E-state index is -4.45. The molecule has 6 rings (SSSR count). The van der Waals surface area contributed by atoms with E-state index in [4.69, 9.17) is 4.42 Å².